The number of aryl methyl sites for hydroxylation is 1. The highest BCUT2D eigenvalue weighted by Crippen LogP contribution is 2.34. The molecule has 9 heteroatoms. The molecule has 3 aromatic rings. The number of anilines is 1. The van der Waals surface area contributed by atoms with Crippen molar-refractivity contribution in [2.45, 2.75) is 64.0 Å². The third-order valence-corrected chi connectivity index (χ3v) is 7.77. The van der Waals surface area contributed by atoms with Crippen LogP contribution in [-0.2, 0) is 29.5 Å². The molecule has 2 aromatic heterocycles. The molecule has 184 valence electrons. The van der Waals surface area contributed by atoms with Crippen molar-refractivity contribution in [3.63, 3.8) is 0 Å². The zero-order chi connectivity index (χ0) is 23.9. The minimum absolute atomic E-state index is 0.00550. The van der Waals surface area contributed by atoms with Crippen molar-refractivity contribution in [2.24, 2.45) is 13.0 Å². The van der Waals surface area contributed by atoms with Crippen LogP contribution in [0.1, 0.15) is 78.5 Å². The average Bonchev–Trinajstić information content (AvgIpc) is 3.65. The Labute approximate surface area is 204 Å². The molecule has 2 amide bonds. The van der Waals surface area contributed by atoms with Gasteiger partial charge in [-0.25, -0.2) is 4.98 Å². The molecule has 1 atom stereocenters. The quantitative estimate of drug-likeness (QED) is 0.582. The number of aromatic amines is 1. The molecule has 0 bridgehead atoms. The zero-order valence-corrected chi connectivity index (χ0v) is 20.2. The summed E-state index contributed by atoms with van der Waals surface area (Å²) in [6.45, 7) is 1.86. The molecule has 1 aromatic carbocycles. The van der Waals surface area contributed by atoms with Crippen LogP contribution in [-0.4, -0.2) is 49.6 Å². The molecular formula is C26H32N6O3. The Bertz CT molecular complexity index is 1270. The Morgan fingerprint density at radius 3 is 2.86 bits per heavy atom. The second-order valence-corrected chi connectivity index (χ2v) is 10.2. The number of ether oxygens (including phenoxy) is 1. The number of imidazole rings is 1. The molecule has 6 rings (SSSR count). The monoisotopic (exact) mass is 476 g/mol. The first kappa shape index (κ1) is 22.3. The van der Waals surface area contributed by atoms with E-state index in [4.69, 9.17) is 9.72 Å². The van der Waals surface area contributed by atoms with E-state index in [-0.39, 0.29) is 17.9 Å². The molecule has 1 aliphatic carbocycles. The van der Waals surface area contributed by atoms with Gasteiger partial charge < -0.3 is 19.5 Å². The molecule has 0 radical (unpaired) electrons. The second-order valence-electron chi connectivity index (χ2n) is 10.2. The second kappa shape index (κ2) is 9.11. The van der Waals surface area contributed by atoms with E-state index in [0.29, 0.717) is 42.2 Å². The molecule has 1 saturated heterocycles. The Hall–Kier alpha value is -3.20. The van der Waals surface area contributed by atoms with Crippen LogP contribution < -0.4 is 5.32 Å². The van der Waals surface area contributed by atoms with E-state index >= 15 is 0 Å². The highest BCUT2D eigenvalue weighted by Gasteiger charge is 2.29. The number of rotatable bonds is 5. The maximum absolute atomic E-state index is 13.9. The minimum atomic E-state index is -0.0702. The lowest BCUT2D eigenvalue weighted by atomic mass is 10.0. The molecule has 9 nitrogen and oxygen atoms in total. The third kappa shape index (κ3) is 4.22. The van der Waals surface area contributed by atoms with E-state index in [1.807, 2.05) is 28.6 Å². The van der Waals surface area contributed by atoms with Crippen LogP contribution in [0.25, 0.3) is 11.0 Å². The molecule has 2 fully saturated rings. The van der Waals surface area contributed by atoms with Crippen LogP contribution in [0.5, 0.6) is 0 Å². The lowest BCUT2D eigenvalue weighted by Gasteiger charge is -2.27. The molecular weight excluding hydrogens is 444 g/mol. The molecule has 2 N–H and O–H groups in total. The number of hydrogen-bond acceptors (Lipinski definition) is 5. The highest BCUT2D eigenvalue weighted by molar-refractivity contribution is 6.07. The average molecular weight is 477 g/mol. The van der Waals surface area contributed by atoms with Crippen LogP contribution in [0.15, 0.2) is 18.3 Å². The first-order valence-corrected chi connectivity index (χ1v) is 12.8. The first-order valence-electron chi connectivity index (χ1n) is 12.8. The fourth-order valence-electron chi connectivity index (χ4n) is 5.93. The molecule has 35 heavy (non-hydrogen) atoms. The summed E-state index contributed by atoms with van der Waals surface area (Å²) in [6.07, 6.45) is 9.56. The SMILES string of the molecule is Cn1c(C2CCCO2)nc2cc(NC(=O)CC3CCCC3)cc(C(=O)N3CCc4[nH]ncc4C3)c21. The third-order valence-electron chi connectivity index (χ3n) is 7.77. The van der Waals surface area contributed by atoms with Crippen molar-refractivity contribution in [1.29, 1.82) is 0 Å². The molecule has 2 aliphatic heterocycles. The van der Waals surface area contributed by atoms with Gasteiger partial charge in [-0.2, -0.15) is 5.10 Å². The van der Waals surface area contributed by atoms with E-state index < -0.39 is 0 Å². The van der Waals surface area contributed by atoms with Gasteiger partial charge in [0.05, 0.1) is 22.8 Å². The lowest BCUT2D eigenvalue weighted by molar-refractivity contribution is -0.117. The summed E-state index contributed by atoms with van der Waals surface area (Å²) in [5, 5.41) is 10.2. The molecule has 3 aliphatic rings. The maximum Gasteiger partial charge on any atom is 0.256 e. The van der Waals surface area contributed by atoms with Gasteiger partial charge in [0.2, 0.25) is 5.91 Å². The summed E-state index contributed by atoms with van der Waals surface area (Å²) in [7, 11) is 1.95. The van der Waals surface area contributed by atoms with Crippen molar-refractivity contribution in [3.8, 4) is 0 Å². The summed E-state index contributed by atoms with van der Waals surface area (Å²) >= 11 is 0. The topological polar surface area (TPSA) is 105 Å². The van der Waals surface area contributed by atoms with Gasteiger partial charge >= 0.3 is 0 Å². The van der Waals surface area contributed by atoms with Gasteiger partial charge in [0, 0.05) is 56.5 Å². The summed E-state index contributed by atoms with van der Waals surface area (Å²) in [5.41, 5.74) is 4.82. The molecule has 1 saturated carbocycles. The lowest BCUT2D eigenvalue weighted by Crippen LogP contribution is -2.36. The number of carbonyl (C=O) groups excluding carboxylic acids is 2. The van der Waals surface area contributed by atoms with Crippen molar-refractivity contribution in [3.05, 3.63) is 41.0 Å². The number of benzene rings is 1. The van der Waals surface area contributed by atoms with Gasteiger partial charge in [-0.3, -0.25) is 14.7 Å². The molecule has 4 heterocycles. The van der Waals surface area contributed by atoms with E-state index in [1.54, 1.807) is 6.20 Å². The van der Waals surface area contributed by atoms with Gasteiger partial charge in [-0.1, -0.05) is 12.8 Å². The van der Waals surface area contributed by atoms with E-state index in [1.165, 1.54) is 12.8 Å². The van der Waals surface area contributed by atoms with Crippen LogP contribution in [0.2, 0.25) is 0 Å². The van der Waals surface area contributed by atoms with Crippen molar-refractivity contribution in [1.82, 2.24) is 24.6 Å². The molecule has 0 spiro atoms. The number of aromatic nitrogens is 4. The number of H-pyrrole nitrogens is 1. The fraction of sp³-hybridized carbons (Fsp3) is 0.538. The zero-order valence-electron chi connectivity index (χ0n) is 20.2. The number of fused-ring (bicyclic) bond motifs is 2. The number of carbonyl (C=O) groups is 2. The molecule has 1 unspecified atom stereocenters. The minimum Gasteiger partial charge on any atom is -0.370 e. The standard InChI is InChI=1S/C26H32N6O3/c1-31-24-19(26(34)32-9-8-20-17(15-32)14-27-30-20)12-18(28-23(33)11-16-5-2-3-6-16)13-21(24)29-25(31)22-7-4-10-35-22/h12-14,16,22H,2-11,15H2,1H3,(H,27,30)(H,28,33). The van der Waals surface area contributed by atoms with Crippen molar-refractivity contribution < 1.29 is 14.3 Å². The van der Waals surface area contributed by atoms with E-state index in [2.05, 4.69) is 15.5 Å². The summed E-state index contributed by atoms with van der Waals surface area (Å²) in [6, 6.07) is 3.71. The normalized spacial score (nSPS) is 20.5. The van der Waals surface area contributed by atoms with Gasteiger partial charge in [-0.05, 0) is 43.7 Å². The predicted octanol–water partition coefficient (Wildman–Crippen LogP) is 3.87. The predicted molar refractivity (Wildman–Crippen MR) is 131 cm³/mol. The van der Waals surface area contributed by atoms with Crippen LogP contribution in [0.4, 0.5) is 5.69 Å². The van der Waals surface area contributed by atoms with Crippen LogP contribution in [0.3, 0.4) is 0 Å². The highest BCUT2D eigenvalue weighted by atomic mass is 16.5. The van der Waals surface area contributed by atoms with E-state index in [9.17, 15) is 9.59 Å². The Kier molecular flexibility index (Phi) is 5.80. The van der Waals surface area contributed by atoms with Crippen LogP contribution in [0, 0.1) is 5.92 Å². The van der Waals surface area contributed by atoms with Gasteiger partial charge in [0.15, 0.2) is 0 Å². The summed E-state index contributed by atoms with van der Waals surface area (Å²) in [4.78, 5) is 33.4. The van der Waals surface area contributed by atoms with Crippen LogP contribution >= 0.6 is 0 Å². The number of amides is 2. The smallest absolute Gasteiger partial charge is 0.256 e. The number of hydrogen-bond donors (Lipinski definition) is 2. The van der Waals surface area contributed by atoms with E-state index in [0.717, 1.165) is 61.3 Å². The maximum atomic E-state index is 13.9. The Morgan fingerprint density at radius 2 is 2.06 bits per heavy atom. The first-order chi connectivity index (χ1) is 17.1. The fourth-order valence-corrected chi connectivity index (χ4v) is 5.93. The van der Waals surface area contributed by atoms with Crippen molar-refractivity contribution >= 4 is 28.5 Å². The summed E-state index contributed by atoms with van der Waals surface area (Å²) in [5.74, 6) is 1.23. The van der Waals surface area contributed by atoms with Crippen molar-refractivity contribution in [2.75, 3.05) is 18.5 Å². The van der Waals surface area contributed by atoms with Gasteiger partial charge in [0.25, 0.3) is 5.91 Å². The number of nitrogens with one attached hydrogen (secondary N) is 2. The Morgan fingerprint density at radius 1 is 1.20 bits per heavy atom. The summed E-state index contributed by atoms with van der Waals surface area (Å²) < 4.78 is 7.90. The van der Waals surface area contributed by atoms with Gasteiger partial charge in [0.1, 0.15) is 11.9 Å². The van der Waals surface area contributed by atoms with Gasteiger partial charge in [-0.15, -0.1) is 0 Å². The largest absolute Gasteiger partial charge is 0.370 e. The Balaban J connectivity index is 1.35. The number of nitrogens with zero attached hydrogens (tertiary/aromatic N) is 4.